The summed E-state index contributed by atoms with van der Waals surface area (Å²) in [6, 6.07) is 8.27. The number of benzene rings is 2. The van der Waals surface area contributed by atoms with Crippen molar-refractivity contribution in [2.24, 2.45) is 0 Å². The summed E-state index contributed by atoms with van der Waals surface area (Å²) in [7, 11) is -5.08. The number of ether oxygens (including phenoxy) is 3. The summed E-state index contributed by atoms with van der Waals surface area (Å²) in [6.07, 6.45) is -3.25. The average Bonchev–Trinajstić information content (AvgIpc) is 3.02. The van der Waals surface area contributed by atoms with Crippen LogP contribution in [-0.4, -0.2) is 39.7 Å². The Hall–Kier alpha value is -2.82. The lowest BCUT2D eigenvalue weighted by Gasteiger charge is -2.23. The molecule has 0 aliphatic carbocycles. The number of carbonyl (C=O) groups is 1. The van der Waals surface area contributed by atoms with E-state index in [1.807, 2.05) is 0 Å². The molecule has 1 heterocycles. The van der Waals surface area contributed by atoms with E-state index < -0.39 is 50.0 Å². The molecule has 1 aliphatic heterocycles. The molecule has 2 aromatic carbocycles. The Kier molecular flexibility index (Phi) is 8.06. The first-order chi connectivity index (χ1) is 15.9. The highest BCUT2D eigenvalue weighted by molar-refractivity contribution is 7.46. The number of hydrogen-bond donors (Lipinski definition) is 3. The highest BCUT2D eigenvalue weighted by atomic mass is 31.2. The van der Waals surface area contributed by atoms with Crippen LogP contribution in [0.3, 0.4) is 0 Å². The SMILES string of the molecule is Cc1cc(F)cc(COC2=C(OCc3cc(C)cc(F)c3)[C@@H]([C@H](CO)OP(=O)(O)O)OC2=O)c1. The number of phosphoric acid groups is 1. The number of esters is 1. The second-order valence-electron chi connectivity index (χ2n) is 7.69. The molecule has 3 rings (SSSR count). The summed E-state index contributed by atoms with van der Waals surface area (Å²) in [6.45, 7) is 1.88. The van der Waals surface area contributed by atoms with E-state index in [1.54, 1.807) is 26.0 Å². The summed E-state index contributed by atoms with van der Waals surface area (Å²) in [4.78, 5) is 30.8. The number of phosphoric ester groups is 1. The summed E-state index contributed by atoms with van der Waals surface area (Å²) >= 11 is 0. The molecule has 3 N–H and O–H groups in total. The van der Waals surface area contributed by atoms with E-state index in [1.165, 1.54) is 24.3 Å². The van der Waals surface area contributed by atoms with Crippen LogP contribution in [-0.2, 0) is 41.3 Å². The predicted molar refractivity (Wildman–Crippen MR) is 113 cm³/mol. The Bertz CT molecular complexity index is 1100. The maximum Gasteiger partial charge on any atom is 0.470 e. The van der Waals surface area contributed by atoms with Crippen LogP contribution in [0.5, 0.6) is 0 Å². The summed E-state index contributed by atoms with van der Waals surface area (Å²) in [5, 5.41) is 9.60. The molecular weight excluding hydrogens is 477 g/mol. The van der Waals surface area contributed by atoms with Crippen molar-refractivity contribution in [2.75, 3.05) is 6.61 Å². The highest BCUT2D eigenvalue weighted by Crippen LogP contribution is 2.41. The second-order valence-corrected chi connectivity index (χ2v) is 8.88. The Morgan fingerprint density at radius 1 is 0.971 bits per heavy atom. The van der Waals surface area contributed by atoms with E-state index in [-0.39, 0.29) is 19.0 Å². The van der Waals surface area contributed by atoms with Crippen LogP contribution in [0.25, 0.3) is 0 Å². The van der Waals surface area contributed by atoms with Crippen molar-refractivity contribution in [3.8, 4) is 0 Å². The fourth-order valence-corrected chi connectivity index (χ4v) is 3.97. The molecular formula is C22H23F2O9P. The summed E-state index contributed by atoms with van der Waals surface area (Å²) in [5.74, 6) is -2.83. The fourth-order valence-electron chi connectivity index (χ4n) is 3.44. The molecule has 0 radical (unpaired) electrons. The van der Waals surface area contributed by atoms with Gasteiger partial charge in [0.2, 0.25) is 5.76 Å². The fraction of sp³-hybridized carbons (Fsp3) is 0.318. The zero-order chi connectivity index (χ0) is 25.0. The third-order valence-electron chi connectivity index (χ3n) is 4.67. The van der Waals surface area contributed by atoms with Gasteiger partial charge < -0.3 is 29.1 Å². The third-order valence-corrected chi connectivity index (χ3v) is 5.22. The normalized spacial score (nSPS) is 17.0. The van der Waals surface area contributed by atoms with Crippen LogP contribution < -0.4 is 0 Å². The monoisotopic (exact) mass is 500 g/mol. The number of aliphatic hydroxyl groups excluding tert-OH is 1. The van der Waals surface area contributed by atoms with Crippen molar-refractivity contribution in [3.63, 3.8) is 0 Å². The number of aryl methyl sites for hydroxylation is 2. The van der Waals surface area contributed by atoms with Crippen LogP contribution in [0.1, 0.15) is 22.3 Å². The zero-order valence-electron chi connectivity index (χ0n) is 18.2. The molecule has 2 aromatic rings. The van der Waals surface area contributed by atoms with Gasteiger partial charge in [0.25, 0.3) is 0 Å². The highest BCUT2D eigenvalue weighted by Gasteiger charge is 2.45. The van der Waals surface area contributed by atoms with Crippen molar-refractivity contribution in [2.45, 2.75) is 39.3 Å². The number of cyclic esters (lactones) is 1. The Labute approximate surface area is 193 Å². The molecule has 0 spiro atoms. The Morgan fingerprint density at radius 3 is 1.97 bits per heavy atom. The summed E-state index contributed by atoms with van der Waals surface area (Å²) < 4.78 is 59.6. The number of aliphatic hydroxyl groups is 1. The molecule has 184 valence electrons. The molecule has 0 saturated heterocycles. The van der Waals surface area contributed by atoms with Gasteiger partial charge in [-0.05, 0) is 60.4 Å². The van der Waals surface area contributed by atoms with Crippen molar-refractivity contribution < 1.29 is 51.8 Å². The largest absolute Gasteiger partial charge is 0.485 e. The van der Waals surface area contributed by atoms with E-state index in [0.717, 1.165) is 0 Å². The maximum atomic E-state index is 13.7. The predicted octanol–water partition coefficient (Wildman–Crippen LogP) is 2.92. The molecule has 0 aromatic heterocycles. The van der Waals surface area contributed by atoms with Gasteiger partial charge in [-0.1, -0.05) is 12.1 Å². The maximum absolute atomic E-state index is 13.7. The minimum Gasteiger partial charge on any atom is -0.485 e. The van der Waals surface area contributed by atoms with Crippen molar-refractivity contribution >= 4 is 13.8 Å². The first-order valence-corrected chi connectivity index (χ1v) is 11.6. The van der Waals surface area contributed by atoms with Crippen molar-refractivity contribution in [1.82, 2.24) is 0 Å². The summed E-state index contributed by atoms with van der Waals surface area (Å²) in [5.41, 5.74) is 2.01. The van der Waals surface area contributed by atoms with Gasteiger partial charge in [-0.2, -0.15) is 0 Å². The van der Waals surface area contributed by atoms with Gasteiger partial charge in [0, 0.05) is 0 Å². The van der Waals surface area contributed by atoms with Crippen LogP contribution in [0.15, 0.2) is 47.9 Å². The molecule has 12 heteroatoms. The van der Waals surface area contributed by atoms with Crippen LogP contribution in [0.2, 0.25) is 0 Å². The first-order valence-electron chi connectivity index (χ1n) is 10.0. The van der Waals surface area contributed by atoms with Gasteiger partial charge in [-0.25, -0.2) is 18.1 Å². The van der Waals surface area contributed by atoms with Gasteiger partial charge in [0.15, 0.2) is 11.9 Å². The lowest BCUT2D eigenvalue weighted by atomic mass is 10.1. The number of hydrogen-bond acceptors (Lipinski definition) is 7. The molecule has 0 saturated carbocycles. The quantitative estimate of drug-likeness (QED) is 0.333. The molecule has 0 unspecified atom stereocenters. The van der Waals surface area contributed by atoms with Gasteiger partial charge in [-0.3, -0.25) is 4.52 Å². The third kappa shape index (κ3) is 6.85. The van der Waals surface area contributed by atoms with E-state index in [0.29, 0.717) is 22.3 Å². The Balaban J connectivity index is 1.91. The van der Waals surface area contributed by atoms with Crippen LogP contribution >= 0.6 is 7.82 Å². The molecule has 0 fully saturated rings. The zero-order valence-corrected chi connectivity index (χ0v) is 19.1. The van der Waals surface area contributed by atoms with Crippen molar-refractivity contribution in [1.29, 1.82) is 0 Å². The minimum atomic E-state index is -5.08. The lowest BCUT2D eigenvalue weighted by Crippen LogP contribution is -2.34. The molecule has 34 heavy (non-hydrogen) atoms. The van der Waals surface area contributed by atoms with Crippen LogP contribution in [0, 0.1) is 25.5 Å². The lowest BCUT2D eigenvalue weighted by molar-refractivity contribution is -0.148. The first kappa shape index (κ1) is 25.8. The average molecular weight is 500 g/mol. The second kappa shape index (κ2) is 10.6. The van der Waals surface area contributed by atoms with E-state index in [4.69, 9.17) is 24.0 Å². The van der Waals surface area contributed by atoms with Gasteiger partial charge in [0.05, 0.1) is 6.61 Å². The molecule has 2 atom stereocenters. The molecule has 0 amide bonds. The molecule has 9 nitrogen and oxygen atoms in total. The van der Waals surface area contributed by atoms with Gasteiger partial charge >= 0.3 is 13.8 Å². The molecule has 0 bridgehead atoms. The van der Waals surface area contributed by atoms with E-state index in [2.05, 4.69) is 4.52 Å². The van der Waals surface area contributed by atoms with E-state index >= 15 is 0 Å². The topological polar surface area (TPSA) is 132 Å². The van der Waals surface area contributed by atoms with Gasteiger partial charge in [-0.15, -0.1) is 0 Å². The minimum absolute atomic E-state index is 0.259. The number of rotatable bonds is 10. The number of halogens is 2. The standard InChI is InChI=1S/C22H23F2O9P/c1-12-3-14(7-16(23)5-12)10-30-20-19(18(9-25)33-34(27,28)29)32-22(26)21(20)31-11-15-4-13(2)6-17(24)8-15/h3-8,18-19,25H,9-11H2,1-2H3,(H2,27,28,29)/t18-,19+/m0/s1. The Morgan fingerprint density at radius 2 is 1.50 bits per heavy atom. The van der Waals surface area contributed by atoms with E-state index in [9.17, 15) is 23.2 Å². The molecule has 1 aliphatic rings. The van der Waals surface area contributed by atoms with Gasteiger partial charge in [0.1, 0.15) is 31.0 Å². The number of carbonyl (C=O) groups excluding carboxylic acids is 1. The van der Waals surface area contributed by atoms with Crippen LogP contribution in [0.4, 0.5) is 8.78 Å². The smallest absolute Gasteiger partial charge is 0.470 e. The van der Waals surface area contributed by atoms with Crippen molar-refractivity contribution in [3.05, 3.63) is 81.8 Å².